The molecule has 0 saturated heterocycles. The van der Waals surface area contributed by atoms with Crippen LogP contribution in [-0.2, 0) is 0 Å². The lowest BCUT2D eigenvalue weighted by Crippen LogP contribution is -2.04. The van der Waals surface area contributed by atoms with Crippen molar-refractivity contribution in [1.82, 2.24) is 28.7 Å². The highest BCUT2D eigenvalue weighted by molar-refractivity contribution is 6.18. The number of hydrogen-bond acceptors (Lipinski definition) is 5. The SMILES string of the molecule is c1ccc(-c2cc(-c3nc(-c4ccc5c(c4)oc4ccccc45)nc(-c4ccc5c(c4)oc4ccccc45)n3)cc(-c3ccccc3)c2-n2c3cc(-n4c5ccccc5c5ccccc54)ccc3c3c(-n4c5ccccc5c5ccccc54)cccc32)cc1. The van der Waals surface area contributed by atoms with E-state index >= 15 is 0 Å². The van der Waals surface area contributed by atoms with Crippen LogP contribution in [0.4, 0.5) is 0 Å². The minimum Gasteiger partial charge on any atom is -0.456 e. The molecule has 0 aliphatic carbocycles. The summed E-state index contributed by atoms with van der Waals surface area (Å²) in [5.41, 5.74) is 19.5. The van der Waals surface area contributed by atoms with Crippen molar-refractivity contribution >= 4 is 109 Å². The van der Waals surface area contributed by atoms with Gasteiger partial charge >= 0.3 is 0 Å². The van der Waals surface area contributed by atoms with Crippen LogP contribution in [0, 0.1) is 0 Å². The Balaban J connectivity index is 0.920. The van der Waals surface area contributed by atoms with Crippen molar-refractivity contribution in [2.24, 2.45) is 0 Å². The maximum atomic E-state index is 6.50. The van der Waals surface area contributed by atoms with Gasteiger partial charge in [0.05, 0.1) is 44.5 Å². The van der Waals surface area contributed by atoms with Gasteiger partial charge in [-0.1, -0.05) is 194 Å². The first kappa shape index (κ1) is 49.2. The number of hydrogen-bond donors (Lipinski definition) is 0. The van der Waals surface area contributed by atoms with Crippen LogP contribution >= 0.6 is 0 Å². The summed E-state index contributed by atoms with van der Waals surface area (Å²) in [4.78, 5) is 16.3. The van der Waals surface area contributed by atoms with Crippen molar-refractivity contribution in [2.75, 3.05) is 0 Å². The molecular weight excluding hydrogens is 1090 g/mol. The molecular formula is C81H48N6O2. The highest BCUT2D eigenvalue weighted by atomic mass is 16.3. The zero-order chi connectivity index (χ0) is 58.3. The van der Waals surface area contributed by atoms with Crippen molar-refractivity contribution in [3.8, 4) is 73.5 Å². The Hall–Kier alpha value is -12.1. The maximum Gasteiger partial charge on any atom is 0.164 e. The second kappa shape index (κ2) is 19.2. The molecule has 0 fully saturated rings. The Labute approximate surface area is 508 Å². The van der Waals surface area contributed by atoms with Gasteiger partial charge < -0.3 is 22.5 Å². The van der Waals surface area contributed by atoms with E-state index in [0.29, 0.717) is 17.5 Å². The van der Waals surface area contributed by atoms with Gasteiger partial charge in [0.25, 0.3) is 0 Å². The van der Waals surface area contributed by atoms with Crippen LogP contribution in [0.25, 0.3) is 183 Å². The highest BCUT2D eigenvalue weighted by Crippen LogP contribution is 2.47. The number of furan rings is 2. The van der Waals surface area contributed by atoms with Gasteiger partial charge in [-0.05, 0) is 108 Å². The lowest BCUT2D eigenvalue weighted by atomic mass is 9.92. The fourth-order valence-electron chi connectivity index (χ4n) is 14.2. The zero-order valence-corrected chi connectivity index (χ0v) is 47.7. The average molecular weight is 1140 g/mol. The monoisotopic (exact) mass is 1140 g/mol. The predicted molar refractivity (Wildman–Crippen MR) is 365 cm³/mol. The normalized spacial score (nSPS) is 12.0. The Morgan fingerprint density at radius 3 is 1.15 bits per heavy atom. The molecule has 0 aliphatic rings. The van der Waals surface area contributed by atoms with Crippen LogP contribution in [0.2, 0.25) is 0 Å². The third kappa shape index (κ3) is 7.51. The lowest BCUT2D eigenvalue weighted by Gasteiger charge is -2.21. The molecule has 0 radical (unpaired) electrons. The first-order valence-corrected chi connectivity index (χ1v) is 30.1. The number of fused-ring (bicyclic) bond motifs is 15. The Morgan fingerprint density at radius 1 is 0.236 bits per heavy atom. The van der Waals surface area contributed by atoms with Gasteiger partial charge in [0, 0.05) is 87.4 Å². The van der Waals surface area contributed by atoms with E-state index in [9.17, 15) is 0 Å². The summed E-state index contributed by atoms with van der Waals surface area (Å²) in [5, 5.41) is 11.3. The molecule has 13 aromatic carbocycles. The van der Waals surface area contributed by atoms with E-state index in [2.05, 4.69) is 268 Å². The largest absolute Gasteiger partial charge is 0.456 e. The summed E-state index contributed by atoms with van der Waals surface area (Å²) in [7, 11) is 0. The second-order valence-electron chi connectivity index (χ2n) is 23.0. The van der Waals surface area contributed by atoms with Gasteiger partial charge in [0.15, 0.2) is 17.5 Å². The number of nitrogens with zero attached hydrogens (tertiary/aromatic N) is 6. The van der Waals surface area contributed by atoms with Crippen molar-refractivity contribution in [3.05, 3.63) is 291 Å². The molecule has 414 valence electrons. The van der Waals surface area contributed by atoms with Crippen LogP contribution in [-0.4, -0.2) is 28.7 Å². The van der Waals surface area contributed by atoms with Crippen LogP contribution < -0.4 is 0 Å². The third-order valence-corrected chi connectivity index (χ3v) is 18.1. The Kier molecular flexibility index (Phi) is 10.6. The van der Waals surface area contributed by atoms with Crippen molar-refractivity contribution in [1.29, 1.82) is 0 Å². The van der Waals surface area contributed by atoms with Gasteiger partial charge in [-0.25, -0.2) is 15.0 Å². The molecule has 0 unspecified atom stereocenters. The smallest absolute Gasteiger partial charge is 0.164 e. The molecule has 6 heterocycles. The molecule has 0 aliphatic heterocycles. The van der Waals surface area contributed by atoms with Crippen molar-refractivity contribution < 1.29 is 8.83 Å². The van der Waals surface area contributed by atoms with Gasteiger partial charge in [0.1, 0.15) is 22.3 Å². The lowest BCUT2D eigenvalue weighted by molar-refractivity contribution is 0.668. The summed E-state index contributed by atoms with van der Waals surface area (Å²) >= 11 is 0. The van der Waals surface area contributed by atoms with Crippen LogP contribution in [0.15, 0.2) is 300 Å². The third-order valence-electron chi connectivity index (χ3n) is 18.1. The van der Waals surface area contributed by atoms with Gasteiger partial charge in [-0.2, -0.15) is 0 Å². The van der Waals surface area contributed by atoms with E-state index in [4.69, 9.17) is 23.8 Å². The summed E-state index contributed by atoms with van der Waals surface area (Å²) in [5.74, 6) is 1.55. The minimum atomic E-state index is 0.515. The van der Waals surface area contributed by atoms with E-state index in [1.54, 1.807) is 0 Å². The molecule has 0 atom stereocenters. The molecule has 6 aromatic heterocycles. The first-order valence-electron chi connectivity index (χ1n) is 30.1. The van der Waals surface area contributed by atoms with Crippen molar-refractivity contribution in [3.63, 3.8) is 0 Å². The van der Waals surface area contributed by atoms with Crippen molar-refractivity contribution in [2.45, 2.75) is 0 Å². The fraction of sp³-hybridized carbons (Fsp3) is 0. The number of rotatable bonds is 8. The summed E-state index contributed by atoms with van der Waals surface area (Å²) in [6.45, 7) is 0. The molecule has 0 spiro atoms. The minimum absolute atomic E-state index is 0.515. The van der Waals surface area contributed by atoms with Crippen LogP contribution in [0.3, 0.4) is 0 Å². The molecule has 19 aromatic rings. The van der Waals surface area contributed by atoms with Gasteiger partial charge in [-0.15, -0.1) is 0 Å². The quantitative estimate of drug-likeness (QED) is 0.151. The Bertz CT molecular complexity index is 5820. The molecule has 0 N–H and O–H groups in total. The fourth-order valence-corrected chi connectivity index (χ4v) is 14.2. The Morgan fingerprint density at radius 2 is 0.640 bits per heavy atom. The van der Waals surface area contributed by atoms with E-state index in [1.807, 2.05) is 36.4 Å². The first-order chi connectivity index (χ1) is 44.1. The summed E-state index contributed by atoms with van der Waals surface area (Å²) in [6.07, 6.45) is 0. The standard InChI is InChI=1S/C81H48N6O2/c1-3-20-49(21-4-1)64-44-53(81-83-79(51-38-41-61-59-28-11-17-36-73(59)88-75(61)46-51)82-80(84-81)52-39-42-62-60-29-12-18-37-74(60)89-76(62)47-52)45-65(50-22-5-2-6-23-50)78(64)87-71-35-19-34-70(86-68-32-15-9-26-57(68)58-27-10-16-33-69(58)86)77(71)63-43-40-54(48-72(63)87)85-66-30-13-7-24-55(66)56-25-8-14-31-67(56)85/h1-48H. The summed E-state index contributed by atoms with van der Waals surface area (Å²) < 4.78 is 20.4. The average Bonchev–Trinajstić information content (AvgIpc) is 1.66. The maximum absolute atomic E-state index is 6.50. The molecule has 0 bridgehead atoms. The predicted octanol–water partition coefficient (Wildman–Crippen LogP) is 21.3. The number of para-hydroxylation sites is 6. The van der Waals surface area contributed by atoms with Gasteiger partial charge in [0.2, 0.25) is 0 Å². The van der Waals surface area contributed by atoms with Gasteiger partial charge in [-0.3, -0.25) is 0 Å². The zero-order valence-electron chi connectivity index (χ0n) is 47.7. The molecule has 19 rings (SSSR count). The second-order valence-corrected chi connectivity index (χ2v) is 23.0. The molecule has 89 heavy (non-hydrogen) atoms. The van der Waals surface area contributed by atoms with Crippen LogP contribution in [0.5, 0.6) is 0 Å². The molecule has 8 nitrogen and oxygen atoms in total. The molecule has 8 heteroatoms. The highest BCUT2D eigenvalue weighted by Gasteiger charge is 2.27. The van der Waals surface area contributed by atoms with E-state index < -0.39 is 0 Å². The molecule has 0 amide bonds. The van der Waals surface area contributed by atoms with Crippen LogP contribution in [0.1, 0.15) is 0 Å². The van der Waals surface area contributed by atoms with E-state index in [-0.39, 0.29) is 0 Å². The van der Waals surface area contributed by atoms with E-state index in [0.717, 1.165) is 144 Å². The topological polar surface area (TPSA) is 79.7 Å². The number of aromatic nitrogens is 6. The summed E-state index contributed by atoms with van der Waals surface area (Å²) in [6, 6.07) is 104. The van der Waals surface area contributed by atoms with E-state index in [1.165, 1.54) is 21.5 Å². The molecule has 0 saturated carbocycles. The number of benzene rings is 13.